The minimum atomic E-state index is -0.386. The standard InChI is InChI=1S/C20H17ClN4O2/c1-12-3-6-15(21)9-17(12)25-19-11-22-18(10-23-19)20(27)24-16-7-4-14(5-8-16)13(2)26/h3-11H,1-2H3,(H,23,25)(H,24,27). The van der Waals surface area contributed by atoms with Gasteiger partial charge in [0.25, 0.3) is 5.91 Å². The van der Waals surface area contributed by atoms with Crippen LogP contribution in [-0.4, -0.2) is 21.7 Å². The lowest BCUT2D eigenvalue weighted by Gasteiger charge is -2.09. The molecule has 0 unspecified atom stereocenters. The number of carbonyl (C=O) groups is 2. The molecule has 3 aromatic rings. The van der Waals surface area contributed by atoms with E-state index in [1.54, 1.807) is 30.3 Å². The van der Waals surface area contributed by atoms with Gasteiger partial charge in [-0.15, -0.1) is 0 Å². The summed E-state index contributed by atoms with van der Waals surface area (Å²) in [6.07, 6.45) is 2.87. The van der Waals surface area contributed by atoms with Crippen LogP contribution in [0.25, 0.3) is 0 Å². The number of benzene rings is 2. The van der Waals surface area contributed by atoms with Crippen molar-refractivity contribution in [3.63, 3.8) is 0 Å². The lowest BCUT2D eigenvalue weighted by Crippen LogP contribution is -2.14. The average molecular weight is 381 g/mol. The molecule has 0 saturated carbocycles. The third kappa shape index (κ3) is 4.68. The summed E-state index contributed by atoms with van der Waals surface area (Å²) in [4.78, 5) is 31.9. The number of hydrogen-bond acceptors (Lipinski definition) is 5. The molecular weight excluding hydrogens is 364 g/mol. The summed E-state index contributed by atoms with van der Waals surface area (Å²) in [5.74, 6) is 0.0862. The second-order valence-electron chi connectivity index (χ2n) is 5.96. The summed E-state index contributed by atoms with van der Waals surface area (Å²) in [5, 5.41) is 6.46. The number of rotatable bonds is 5. The predicted octanol–water partition coefficient (Wildman–Crippen LogP) is 4.64. The van der Waals surface area contributed by atoms with E-state index in [4.69, 9.17) is 11.6 Å². The molecule has 0 atom stereocenters. The number of carbonyl (C=O) groups excluding carboxylic acids is 2. The van der Waals surface area contributed by atoms with Crippen molar-refractivity contribution in [2.45, 2.75) is 13.8 Å². The molecule has 0 bridgehead atoms. The molecule has 2 aromatic carbocycles. The number of halogens is 1. The fourth-order valence-corrected chi connectivity index (χ4v) is 2.53. The van der Waals surface area contributed by atoms with Gasteiger partial charge in [-0.25, -0.2) is 9.97 Å². The Morgan fingerprint density at radius 2 is 1.74 bits per heavy atom. The van der Waals surface area contributed by atoms with Crippen LogP contribution in [-0.2, 0) is 0 Å². The van der Waals surface area contributed by atoms with Gasteiger partial charge in [-0.1, -0.05) is 17.7 Å². The van der Waals surface area contributed by atoms with Crippen LogP contribution in [0.2, 0.25) is 5.02 Å². The van der Waals surface area contributed by atoms with Gasteiger partial charge in [-0.2, -0.15) is 0 Å². The molecule has 136 valence electrons. The Morgan fingerprint density at radius 1 is 1.00 bits per heavy atom. The van der Waals surface area contributed by atoms with Crippen LogP contribution in [0.4, 0.5) is 17.2 Å². The summed E-state index contributed by atoms with van der Waals surface area (Å²) < 4.78 is 0. The lowest BCUT2D eigenvalue weighted by molar-refractivity contribution is 0.101. The van der Waals surface area contributed by atoms with Crippen LogP contribution in [0.1, 0.15) is 33.3 Å². The fraction of sp³-hybridized carbons (Fsp3) is 0.100. The zero-order valence-corrected chi connectivity index (χ0v) is 15.5. The van der Waals surface area contributed by atoms with Gasteiger partial charge in [0.05, 0.1) is 12.4 Å². The Hall–Kier alpha value is -3.25. The largest absolute Gasteiger partial charge is 0.339 e. The molecule has 2 N–H and O–H groups in total. The number of aryl methyl sites for hydroxylation is 1. The summed E-state index contributed by atoms with van der Waals surface area (Å²) in [7, 11) is 0. The molecule has 0 aliphatic rings. The van der Waals surface area contributed by atoms with E-state index < -0.39 is 0 Å². The molecule has 0 aliphatic heterocycles. The quantitative estimate of drug-likeness (QED) is 0.630. The number of aromatic nitrogens is 2. The van der Waals surface area contributed by atoms with Crippen LogP contribution < -0.4 is 10.6 Å². The first-order valence-corrected chi connectivity index (χ1v) is 8.58. The number of amides is 1. The molecule has 3 rings (SSSR count). The SMILES string of the molecule is CC(=O)c1ccc(NC(=O)c2cnc(Nc3cc(Cl)ccc3C)cn2)cc1. The molecule has 6 nitrogen and oxygen atoms in total. The van der Waals surface area contributed by atoms with Gasteiger partial charge in [-0.05, 0) is 55.8 Å². The molecule has 7 heteroatoms. The second kappa shape index (κ2) is 7.97. The molecular formula is C20H17ClN4O2. The van der Waals surface area contributed by atoms with Crippen molar-refractivity contribution >= 4 is 40.5 Å². The van der Waals surface area contributed by atoms with Crippen molar-refractivity contribution < 1.29 is 9.59 Å². The van der Waals surface area contributed by atoms with Crippen molar-refractivity contribution in [1.82, 2.24) is 9.97 Å². The van der Waals surface area contributed by atoms with E-state index in [0.29, 0.717) is 22.1 Å². The van der Waals surface area contributed by atoms with Gasteiger partial charge < -0.3 is 10.6 Å². The topological polar surface area (TPSA) is 84.0 Å². The van der Waals surface area contributed by atoms with Crippen LogP contribution in [0.5, 0.6) is 0 Å². The highest BCUT2D eigenvalue weighted by molar-refractivity contribution is 6.30. The number of nitrogens with one attached hydrogen (secondary N) is 2. The predicted molar refractivity (Wildman–Crippen MR) is 106 cm³/mol. The molecule has 0 aliphatic carbocycles. The summed E-state index contributed by atoms with van der Waals surface area (Å²) in [5.41, 5.74) is 3.17. The van der Waals surface area contributed by atoms with Gasteiger partial charge in [0.1, 0.15) is 11.5 Å². The van der Waals surface area contributed by atoms with Crippen LogP contribution in [0.15, 0.2) is 54.9 Å². The maximum atomic E-state index is 12.3. The lowest BCUT2D eigenvalue weighted by atomic mass is 10.1. The third-order valence-electron chi connectivity index (χ3n) is 3.90. The van der Waals surface area contributed by atoms with E-state index in [0.717, 1.165) is 11.3 Å². The van der Waals surface area contributed by atoms with Gasteiger partial charge >= 0.3 is 0 Å². The highest BCUT2D eigenvalue weighted by atomic mass is 35.5. The van der Waals surface area contributed by atoms with E-state index in [2.05, 4.69) is 20.6 Å². The van der Waals surface area contributed by atoms with Gasteiger partial charge in [0, 0.05) is 22.0 Å². The average Bonchev–Trinajstić information content (AvgIpc) is 2.65. The molecule has 0 spiro atoms. The van der Waals surface area contributed by atoms with Gasteiger partial charge in [-0.3, -0.25) is 9.59 Å². The monoisotopic (exact) mass is 380 g/mol. The maximum Gasteiger partial charge on any atom is 0.275 e. The highest BCUT2D eigenvalue weighted by Crippen LogP contribution is 2.23. The van der Waals surface area contributed by atoms with E-state index >= 15 is 0 Å². The second-order valence-corrected chi connectivity index (χ2v) is 6.40. The number of Topliss-reactive ketones (excluding diaryl/α,β-unsaturated/α-hetero) is 1. The highest BCUT2D eigenvalue weighted by Gasteiger charge is 2.10. The number of nitrogens with zero attached hydrogens (tertiary/aromatic N) is 2. The smallest absolute Gasteiger partial charge is 0.275 e. The first kappa shape index (κ1) is 18.5. The van der Waals surface area contributed by atoms with Crippen molar-refractivity contribution in [1.29, 1.82) is 0 Å². The Bertz CT molecular complexity index is 986. The number of hydrogen-bond donors (Lipinski definition) is 2. The molecule has 1 aromatic heterocycles. The molecule has 0 saturated heterocycles. The van der Waals surface area contributed by atoms with Crippen LogP contribution >= 0.6 is 11.6 Å². The Balaban J connectivity index is 1.68. The molecule has 1 heterocycles. The minimum Gasteiger partial charge on any atom is -0.339 e. The Labute approximate surface area is 161 Å². The minimum absolute atomic E-state index is 0.0308. The van der Waals surface area contributed by atoms with Crippen molar-refractivity contribution in [3.05, 3.63) is 76.7 Å². The Morgan fingerprint density at radius 3 is 2.37 bits per heavy atom. The normalized spacial score (nSPS) is 10.3. The first-order valence-electron chi connectivity index (χ1n) is 8.20. The van der Waals surface area contributed by atoms with Crippen LogP contribution in [0, 0.1) is 6.92 Å². The van der Waals surface area contributed by atoms with Crippen molar-refractivity contribution in [3.8, 4) is 0 Å². The third-order valence-corrected chi connectivity index (χ3v) is 4.13. The van der Waals surface area contributed by atoms with Gasteiger partial charge in [0.15, 0.2) is 5.78 Å². The van der Waals surface area contributed by atoms with Crippen molar-refractivity contribution in [2.24, 2.45) is 0 Å². The first-order chi connectivity index (χ1) is 12.9. The van der Waals surface area contributed by atoms with E-state index in [1.165, 1.54) is 19.3 Å². The molecule has 27 heavy (non-hydrogen) atoms. The van der Waals surface area contributed by atoms with E-state index in [9.17, 15) is 9.59 Å². The molecule has 0 fully saturated rings. The van der Waals surface area contributed by atoms with E-state index in [-0.39, 0.29) is 17.4 Å². The number of ketones is 1. The van der Waals surface area contributed by atoms with E-state index in [1.807, 2.05) is 19.1 Å². The van der Waals surface area contributed by atoms with Crippen molar-refractivity contribution in [2.75, 3.05) is 10.6 Å². The summed E-state index contributed by atoms with van der Waals surface area (Å²) in [6.45, 7) is 3.44. The number of anilines is 3. The maximum absolute atomic E-state index is 12.3. The zero-order valence-electron chi connectivity index (χ0n) is 14.8. The fourth-order valence-electron chi connectivity index (χ4n) is 2.36. The Kier molecular flexibility index (Phi) is 5.47. The van der Waals surface area contributed by atoms with Gasteiger partial charge in [0.2, 0.25) is 0 Å². The zero-order chi connectivity index (χ0) is 19.4. The summed E-state index contributed by atoms with van der Waals surface area (Å²) >= 11 is 6.01. The molecule has 1 amide bonds. The molecule has 0 radical (unpaired) electrons. The van der Waals surface area contributed by atoms with Crippen LogP contribution in [0.3, 0.4) is 0 Å². The summed E-state index contributed by atoms with van der Waals surface area (Å²) in [6, 6.07) is 12.2.